The zero-order chi connectivity index (χ0) is 9.03. The van der Waals surface area contributed by atoms with Crippen LogP contribution < -0.4 is 0 Å². The summed E-state index contributed by atoms with van der Waals surface area (Å²) in [6.07, 6.45) is 0.458. The maximum atomic E-state index is 10.1. The maximum Gasteiger partial charge on any atom is 0.301 e. The van der Waals surface area contributed by atoms with Crippen molar-refractivity contribution < 1.29 is 22.4 Å². The summed E-state index contributed by atoms with van der Waals surface area (Å²) in [5, 5.41) is 0. The summed E-state index contributed by atoms with van der Waals surface area (Å²) in [5.41, 5.74) is 0. The molecule has 1 rings (SSSR count). The van der Waals surface area contributed by atoms with Crippen LogP contribution in [0.3, 0.4) is 0 Å². The van der Waals surface area contributed by atoms with Crippen molar-refractivity contribution in [1.29, 1.82) is 0 Å². The van der Waals surface area contributed by atoms with Crippen molar-refractivity contribution >= 4 is 11.4 Å². The van der Waals surface area contributed by atoms with Crippen LogP contribution in [0.25, 0.3) is 0 Å². The quantitative estimate of drug-likeness (QED) is 0.655. The van der Waals surface area contributed by atoms with Crippen molar-refractivity contribution in [3.8, 4) is 0 Å². The molecule has 0 spiro atoms. The van der Waals surface area contributed by atoms with Gasteiger partial charge in [-0.15, -0.1) is 0 Å². The molecule has 12 heavy (non-hydrogen) atoms. The van der Waals surface area contributed by atoms with Crippen molar-refractivity contribution in [2.75, 3.05) is 19.8 Å². The smallest absolute Gasteiger partial charge is 0.301 e. The average Bonchev–Trinajstić information content (AvgIpc) is 2.35. The fourth-order valence-corrected chi connectivity index (χ4v) is 1.23. The zero-order valence-corrected chi connectivity index (χ0v) is 7.63. The molecule has 1 saturated heterocycles. The van der Waals surface area contributed by atoms with Gasteiger partial charge in [0, 0.05) is 6.42 Å². The first-order valence-corrected chi connectivity index (χ1v) is 4.68. The molecule has 0 bridgehead atoms. The highest BCUT2D eigenvalue weighted by Gasteiger charge is 2.30. The highest BCUT2D eigenvalue weighted by Crippen LogP contribution is 2.22. The van der Waals surface area contributed by atoms with Gasteiger partial charge in [-0.25, -0.2) is 0 Å². The topological polar surface area (TPSA) is 65.0 Å². The Morgan fingerprint density at radius 1 is 1.58 bits per heavy atom. The van der Waals surface area contributed by atoms with E-state index in [1.165, 1.54) is 0 Å². The van der Waals surface area contributed by atoms with Gasteiger partial charge in [0.25, 0.3) is 0 Å². The molecule has 0 radical (unpaired) electrons. The summed E-state index contributed by atoms with van der Waals surface area (Å²) in [6.45, 7) is 3.07. The lowest BCUT2D eigenvalue weighted by atomic mass is 10.2. The molecule has 5 nitrogen and oxygen atoms in total. The minimum atomic E-state index is -2.19. The van der Waals surface area contributed by atoms with Crippen LogP contribution in [0.1, 0.15) is 13.3 Å². The molecule has 1 heterocycles. The summed E-state index contributed by atoms with van der Waals surface area (Å²) >= 11 is -2.19. The van der Waals surface area contributed by atoms with Gasteiger partial charge in [0.05, 0.1) is 19.8 Å². The SMILES string of the molecule is CC1(CCOS(=O)O)OCCO1. The van der Waals surface area contributed by atoms with Crippen molar-refractivity contribution in [3.05, 3.63) is 0 Å². The molecule has 1 aliphatic heterocycles. The van der Waals surface area contributed by atoms with Gasteiger partial charge >= 0.3 is 11.4 Å². The molecule has 1 unspecified atom stereocenters. The van der Waals surface area contributed by atoms with Crippen LogP contribution in [0.5, 0.6) is 0 Å². The maximum absolute atomic E-state index is 10.1. The Balaban J connectivity index is 2.17. The van der Waals surface area contributed by atoms with Gasteiger partial charge in [-0.1, -0.05) is 0 Å². The lowest BCUT2D eigenvalue weighted by Crippen LogP contribution is -2.27. The minimum absolute atomic E-state index is 0.152. The van der Waals surface area contributed by atoms with Gasteiger partial charge in [-0.2, -0.15) is 4.21 Å². The first-order chi connectivity index (χ1) is 5.62. The average molecular weight is 196 g/mol. The second kappa shape index (κ2) is 4.29. The monoisotopic (exact) mass is 196 g/mol. The van der Waals surface area contributed by atoms with Gasteiger partial charge < -0.3 is 9.47 Å². The molecular formula is C6H12O5S. The van der Waals surface area contributed by atoms with E-state index in [0.717, 1.165) is 0 Å². The predicted octanol–water partition coefficient (Wildman–Crippen LogP) is 0.293. The molecule has 0 aromatic rings. The fourth-order valence-electron chi connectivity index (χ4n) is 0.999. The second-order valence-corrected chi connectivity index (χ2v) is 3.29. The van der Waals surface area contributed by atoms with E-state index in [-0.39, 0.29) is 6.61 Å². The summed E-state index contributed by atoms with van der Waals surface area (Å²) in [7, 11) is 0. The molecular weight excluding hydrogens is 184 g/mol. The van der Waals surface area contributed by atoms with Crippen LogP contribution in [0.4, 0.5) is 0 Å². The molecule has 1 N–H and O–H groups in total. The molecule has 6 heteroatoms. The van der Waals surface area contributed by atoms with Crippen LogP contribution in [-0.2, 0) is 25.0 Å². The van der Waals surface area contributed by atoms with E-state index in [1.807, 2.05) is 0 Å². The Labute approximate surface area is 73.5 Å². The summed E-state index contributed by atoms with van der Waals surface area (Å²) in [4.78, 5) is 0. The molecule has 0 amide bonds. The van der Waals surface area contributed by atoms with Gasteiger partial charge in [0.15, 0.2) is 5.79 Å². The fraction of sp³-hybridized carbons (Fsp3) is 1.00. The third kappa shape index (κ3) is 3.16. The minimum Gasteiger partial charge on any atom is -0.348 e. The van der Waals surface area contributed by atoms with Crippen LogP contribution in [0.15, 0.2) is 0 Å². The van der Waals surface area contributed by atoms with E-state index in [1.54, 1.807) is 6.92 Å². The van der Waals surface area contributed by atoms with Gasteiger partial charge in [-0.05, 0) is 6.92 Å². The van der Waals surface area contributed by atoms with Gasteiger partial charge in [0.2, 0.25) is 0 Å². The van der Waals surface area contributed by atoms with Crippen LogP contribution in [-0.4, -0.2) is 34.4 Å². The first-order valence-electron chi connectivity index (χ1n) is 3.64. The molecule has 0 aromatic heterocycles. The molecule has 1 fully saturated rings. The van der Waals surface area contributed by atoms with Crippen LogP contribution in [0.2, 0.25) is 0 Å². The first kappa shape index (κ1) is 10.1. The Kier molecular flexibility index (Phi) is 3.60. The molecule has 0 aliphatic carbocycles. The van der Waals surface area contributed by atoms with E-state index in [2.05, 4.69) is 4.18 Å². The lowest BCUT2D eigenvalue weighted by molar-refractivity contribution is -0.150. The zero-order valence-electron chi connectivity index (χ0n) is 6.82. The van der Waals surface area contributed by atoms with Crippen molar-refractivity contribution in [2.45, 2.75) is 19.1 Å². The van der Waals surface area contributed by atoms with E-state index < -0.39 is 17.1 Å². The van der Waals surface area contributed by atoms with Crippen molar-refractivity contribution in [1.82, 2.24) is 0 Å². The summed E-state index contributed by atoms with van der Waals surface area (Å²) in [6, 6.07) is 0. The lowest BCUT2D eigenvalue weighted by Gasteiger charge is -2.20. The standard InChI is InChI=1S/C6H12O5S/c1-6(9-4-5-10-6)2-3-11-12(7)8/h2-5H2,1H3,(H,7,8). The van der Waals surface area contributed by atoms with Crippen LogP contribution in [0, 0.1) is 0 Å². The Bertz CT molecular complexity index is 165. The summed E-state index contributed by atoms with van der Waals surface area (Å²) in [5.74, 6) is -0.640. The highest BCUT2D eigenvalue weighted by molar-refractivity contribution is 7.74. The van der Waals surface area contributed by atoms with Gasteiger partial charge in [0.1, 0.15) is 0 Å². The molecule has 1 aliphatic rings. The Morgan fingerprint density at radius 3 is 2.67 bits per heavy atom. The number of hydrogen-bond acceptors (Lipinski definition) is 4. The molecule has 72 valence electrons. The highest BCUT2D eigenvalue weighted by atomic mass is 32.2. The Hall–Kier alpha value is -0.0100. The number of hydrogen-bond donors (Lipinski definition) is 1. The molecule has 1 atom stereocenters. The molecule has 0 aromatic carbocycles. The van der Waals surface area contributed by atoms with E-state index in [0.29, 0.717) is 19.6 Å². The number of ether oxygens (including phenoxy) is 2. The summed E-state index contributed by atoms with van der Waals surface area (Å²) < 4.78 is 33.3. The normalized spacial score (nSPS) is 24.2. The predicted molar refractivity (Wildman–Crippen MR) is 41.6 cm³/mol. The third-order valence-corrected chi connectivity index (χ3v) is 2.01. The Morgan fingerprint density at radius 2 is 2.17 bits per heavy atom. The second-order valence-electron chi connectivity index (χ2n) is 2.62. The van der Waals surface area contributed by atoms with E-state index in [9.17, 15) is 4.21 Å². The third-order valence-electron chi connectivity index (χ3n) is 1.64. The van der Waals surface area contributed by atoms with E-state index >= 15 is 0 Å². The number of rotatable bonds is 4. The van der Waals surface area contributed by atoms with Crippen LogP contribution >= 0.6 is 0 Å². The van der Waals surface area contributed by atoms with E-state index in [4.69, 9.17) is 14.0 Å². The largest absolute Gasteiger partial charge is 0.348 e. The van der Waals surface area contributed by atoms with Gasteiger partial charge in [-0.3, -0.25) is 8.74 Å². The van der Waals surface area contributed by atoms with Crippen molar-refractivity contribution in [3.63, 3.8) is 0 Å². The molecule has 0 saturated carbocycles. The van der Waals surface area contributed by atoms with Crippen molar-refractivity contribution in [2.24, 2.45) is 0 Å².